The van der Waals surface area contributed by atoms with Crippen LogP contribution in [0.2, 0.25) is 0 Å². The van der Waals surface area contributed by atoms with Crippen LogP contribution in [0, 0.1) is 6.92 Å². The minimum atomic E-state index is -4.56. The number of benzene rings is 3. The van der Waals surface area contributed by atoms with Crippen molar-refractivity contribution in [3.05, 3.63) is 95.7 Å². The number of anilines is 1. The highest BCUT2D eigenvalue weighted by Gasteiger charge is 2.33. The van der Waals surface area contributed by atoms with Crippen molar-refractivity contribution in [1.82, 2.24) is 9.88 Å². The van der Waals surface area contributed by atoms with Crippen molar-refractivity contribution >= 4 is 40.2 Å². The third kappa shape index (κ3) is 6.09. The molecule has 4 rings (SSSR count). The average molecular weight is 512 g/mol. The number of amides is 2. The SMILES string of the molecule is Cc1ccc(C(=O)NCCn2cc(SCC(=O)Nc3ccccc3C(F)(F)F)c3ccccc32)cc1. The van der Waals surface area contributed by atoms with Gasteiger partial charge in [0, 0.05) is 40.6 Å². The number of halogens is 3. The third-order valence-corrected chi connectivity index (χ3v) is 6.61. The molecule has 0 fully saturated rings. The molecule has 0 atom stereocenters. The average Bonchev–Trinajstić information content (AvgIpc) is 3.20. The second-order valence-electron chi connectivity index (χ2n) is 8.21. The Hall–Kier alpha value is -3.72. The van der Waals surface area contributed by atoms with Crippen LogP contribution in [0.3, 0.4) is 0 Å². The molecule has 3 aromatic carbocycles. The number of nitrogens with zero attached hydrogens (tertiary/aromatic N) is 1. The molecule has 0 saturated carbocycles. The van der Waals surface area contributed by atoms with Gasteiger partial charge in [-0.15, -0.1) is 11.8 Å². The maximum Gasteiger partial charge on any atom is 0.418 e. The van der Waals surface area contributed by atoms with Gasteiger partial charge in [0.25, 0.3) is 5.91 Å². The molecule has 9 heteroatoms. The Labute approximate surface area is 210 Å². The molecule has 2 amide bonds. The molecule has 0 aliphatic heterocycles. The summed E-state index contributed by atoms with van der Waals surface area (Å²) in [5, 5.41) is 6.21. The van der Waals surface area contributed by atoms with Crippen molar-refractivity contribution in [3.8, 4) is 0 Å². The first kappa shape index (κ1) is 25.4. The molecule has 5 nitrogen and oxygen atoms in total. The van der Waals surface area contributed by atoms with E-state index in [2.05, 4.69) is 10.6 Å². The number of rotatable bonds is 8. The van der Waals surface area contributed by atoms with Gasteiger partial charge in [-0.1, -0.05) is 48.0 Å². The van der Waals surface area contributed by atoms with Gasteiger partial charge in [-0.3, -0.25) is 9.59 Å². The predicted molar refractivity (Wildman–Crippen MR) is 136 cm³/mol. The highest BCUT2D eigenvalue weighted by molar-refractivity contribution is 8.00. The smallest absolute Gasteiger partial charge is 0.350 e. The van der Waals surface area contributed by atoms with Crippen LogP contribution in [0.15, 0.2) is 83.9 Å². The molecule has 36 heavy (non-hydrogen) atoms. The maximum atomic E-state index is 13.2. The lowest BCUT2D eigenvalue weighted by molar-refractivity contribution is -0.137. The zero-order valence-corrected chi connectivity index (χ0v) is 20.2. The number of para-hydroxylation sites is 2. The van der Waals surface area contributed by atoms with Gasteiger partial charge in [0.1, 0.15) is 0 Å². The summed E-state index contributed by atoms with van der Waals surface area (Å²) in [5.74, 6) is -0.736. The summed E-state index contributed by atoms with van der Waals surface area (Å²) in [6, 6.07) is 19.9. The zero-order valence-electron chi connectivity index (χ0n) is 19.4. The fraction of sp³-hybridized carbons (Fsp3) is 0.185. The second-order valence-corrected chi connectivity index (χ2v) is 9.22. The number of fused-ring (bicyclic) bond motifs is 1. The molecule has 0 aliphatic carbocycles. The van der Waals surface area contributed by atoms with Crippen molar-refractivity contribution in [2.24, 2.45) is 0 Å². The number of alkyl halides is 3. The van der Waals surface area contributed by atoms with Crippen molar-refractivity contribution in [1.29, 1.82) is 0 Å². The number of hydrogen-bond acceptors (Lipinski definition) is 3. The highest BCUT2D eigenvalue weighted by atomic mass is 32.2. The molecule has 4 aromatic rings. The van der Waals surface area contributed by atoms with Crippen LogP contribution in [0.5, 0.6) is 0 Å². The van der Waals surface area contributed by atoms with E-state index < -0.39 is 17.6 Å². The minimum absolute atomic E-state index is 0.0512. The van der Waals surface area contributed by atoms with E-state index in [9.17, 15) is 22.8 Å². The number of nitrogens with one attached hydrogen (secondary N) is 2. The lowest BCUT2D eigenvalue weighted by Gasteiger charge is -2.13. The quantitative estimate of drug-likeness (QED) is 0.280. The Kier molecular flexibility index (Phi) is 7.69. The molecular formula is C27H24F3N3O2S. The van der Waals surface area contributed by atoms with Gasteiger partial charge in [-0.2, -0.15) is 13.2 Å². The van der Waals surface area contributed by atoms with Gasteiger partial charge in [0.2, 0.25) is 5.91 Å². The molecule has 0 spiro atoms. The highest BCUT2D eigenvalue weighted by Crippen LogP contribution is 2.35. The number of aryl methyl sites for hydroxylation is 1. The molecule has 186 valence electrons. The first-order chi connectivity index (χ1) is 17.2. The molecular weight excluding hydrogens is 487 g/mol. The Bertz CT molecular complexity index is 1380. The van der Waals surface area contributed by atoms with Crippen LogP contribution in [0.4, 0.5) is 18.9 Å². The van der Waals surface area contributed by atoms with Gasteiger partial charge in [-0.05, 0) is 37.3 Å². The van der Waals surface area contributed by atoms with Crippen molar-refractivity contribution in [2.45, 2.75) is 24.5 Å². The van der Waals surface area contributed by atoms with Crippen LogP contribution in [-0.4, -0.2) is 28.7 Å². The largest absolute Gasteiger partial charge is 0.418 e. The normalized spacial score (nSPS) is 11.4. The van der Waals surface area contributed by atoms with Crippen LogP contribution in [0.1, 0.15) is 21.5 Å². The zero-order chi connectivity index (χ0) is 25.7. The van der Waals surface area contributed by atoms with Crippen LogP contribution in [-0.2, 0) is 17.5 Å². The first-order valence-corrected chi connectivity index (χ1v) is 12.2. The van der Waals surface area contributed by atoms with Crippen LogP contribution < -0.4 is 10.6 Å². The lowest BCUT2D eigenvalue weighted by atomic mass is 10.1. The first-order valence-electron chi connectivity index (χ1n) is 11.2. The van der Waals surface area contributed by atoms with Crippen molar-refractivity contribution < 1.29 is 22.8 Å². The number of aromatic nitrogens is 1. The summed E-state index contributed by atoms with van der Waals surface area (Å²) in [4.78, 5) is 25.7. The number of carbonyl (C=O) groups excluding carboxylic acids is 2. The standard InChI is InChI=1S/C27H24F3N3O2S/c1-18-10-12-19(13-11-18)26(35)31-14-15-33-16-24(20-6-2-5-9-23(20)33)36-17-25(34)32-22-8-4-3-7-21(22)27(28,29)30/h2-13,16H,14-15,17H2,1H3,(H,31,35)(H,32,34). The Morgan fingerprint density at radius 2 is 1.64 bits per heavy atom. The summed E-state index contributed by atoms with van der Waals surface area (Å²) in [7, 11) is 0. The van der Waals surface area contributed by atoms with Gasteiger partial charge >= 0.3 is 6.18 Å². The van der Waals surface area contributed by atoms with E-state index in [4.69, 9.17) is 0 Å². The number of thioether (sulfide) groups is 1. The fourth-order valence-corrected chi connectivity index (χ4v) is 4.67. The monoisotopic (exact) mass is 511 g/mol. The molecule has 0 bridgehead atoms. The Morgan fingerprint density at radius 1 is 0.944 bits per heavy atom. The summed E-state index contributed by atoms with van der Waals surface area (Å²) in [6.07, 6.45) is -2.66. The molecule has 0 saturated heterocycles. The number of carbonyl (C=O) groups is 2. The summed E-state index contributed by atoms with van der Waals surface area (Å²) < 4.78 is 41.6. The van der Waals surface area contributed by atoms with Gasteiger partial charge in [0.05, 0.1) is 17.0 Å². The second kappa shape index (κ2) is 10.9. The van der Waals surface area contributed by atoms with Gasteiger partial charge in [0.15, 0.2) is 0 Å². The van der Waals surface area contributed by atoms with Crippen LogP contribution >= 0.6 is 11.8 Å². The molecule has 1 aromatic heterocycles. The van der Waals surface area contributed by atoms with Crippen molar-refractivity contribution in [3.63, 3.8) is 0 Å². The Morgan fingerprint density at radius 3 is 2.39 bits per heavy atom. The molecule has 1 heterocycles. The van der Waals surface area contributed by atoms with Gasteiger partial charge in [-0.25, -0.2) is 0 Å². The molecule has 0 radical (unpaired) electrons. The van der Waals surface area contributed by atoms with Crippen molar-refractivity contribution in [2.75, 3.05) is 17.6 Å². The van der Waals surface area contributed by atoms with Crippen LogP contribution in [0.25, 0.3) is 10.9 Å². The molecule has 2 N–H and O–H groups in total. The fourth-order valence-electron chi connectivity index (χ4n) is 3.78. The lowest BCUT2D eigenvalue weighted by Crippen LogP contribution is -2.27. The van der Waals surface area contributed by atoms with E-state index in [1.54, 1.807) is 12.1 Å². The van der Waals surface area contributed by atoms with E-state index in [0.29, 0.717) is 18.7 Å². The van der Waals surface area contributed by atoms with E-state index in [1.807, 2.05) is 54.1 Å². The van der Waals surface area contributed by atoms with E-state index in [-0.39, 0.29) is 17.3 Å². The van der Waals surface area contributed by atoms with E-state index in [1.165, 1.54) is 30.0 Å². The topological polar surface area (TPSA) is 63.1 Å². The minimum Gasteiger partial charge on any atom is -0.350 e. The Balaban J connectivity index is 1.40. The summed E-state index contributed by atoms with van der Waals surface area (Å²) in [6.45, 7) is 2.88. The van der Waals surface area contributed by atoms with E-state index >= 15 is 0 Å². The maximum absolute atomic E-state index is 13.2. The van der Waals surface area contributed by atoms with Gasteiger partial charge < -0.3 is 15.2 Å². The molecule has 0 aliphatic rings. The van der Waals surface area contributed by atoms with E-state index in [0.717, 1.165) is 27.4 Å². The summed E-state index contributed by atoms with van der Waals surface area (Å²) >= 11 is 1.25. The molecule has 0 unspecified atom stereocenters. The number of hydrogen-bond donors (Lipinski definition) is 2. The third-order valence-electron chi connectivity index (χ3n) is 5.57. The summed E-state index contributed by atoms with van der Waals surface area (Å²) in [5.41, 5.74) is 1.46. The predicted octanol–water partition coefficient (Wildman–Crippen LogP) is 6.13.